The summed E-state index contributed by atoms with van der Waals surface area (Å²) < 4.78 is 44.1. The predicted molar refractivity (Wildman–Crippen MR) is 67.6 cm³/mol. The highest BCUT2D eigenvalue weighted by Crippen LogP contribution is 2.39. The van der Waals surface area contributed by atoms with Crippen molar-refractivity contribution in [1.29, 1.82) is 0 Å². The number of para-hydroxylation sites is 1. The highest BCUT2D eigenvalue weighted by atomic mass is 19.4. The van der Waals surface area contributed by atoms with Crippen LogP contribution in [-0.4, -0.2) is 19.1 Å². The molecule has 6 heteroatoms. The summed E-state index contributed by atoms with van der Waals surface area (Å²) in [6.45, 7) is 1.40. The van der Waals surface area contributed by atoms with Gasteiger partial charge in [0.25, 0.3) is 0 Å². The maximum atomic E-state index is 13.0. The molecule has 1 aromatic carbocycles. The first-order valence-electron chi connectivity index (χ1n) is 5.62. The fourth-order valence-corrected chi connectivity index (χ4v) is 2.12. The van der Waals surface area contributed by atoms with Crippen LogP contribution in [-0.2, 0) is 6.18 Å². The summed E-state index contributed by atoms with van der Waals surface area (Å²) in [6.07, 6.45) is -4.50. The van der Waals surface area contributed by atoms with Crippen LogP contribution in [0.4, 0.5) is 18.9 Å². The number of aromatic nitrogens is 1. The molecule has 2 rings (SSSR count). The SMILES string of the molecule is CNc1c(C)c(C(F)(F)F)nc2c(OC)cccc12. The molecule has 0 bridgehead atoms. The molecule has 0 radical (unpaired) electrons. The van der Waals surface area contributed by atoms with E-state index in [9.17, 15) is 13.2 Å². The van der Waals surface area contributed by atoms with E-state index in [1.165, 1.54) is 14.0 Å². The number of methoxy groups -OCH3 is 1. The molecule has 0 saturated heterocycles. The van der Waals surface area contributed by atoms with E-state index in [1.807, 2.05) is 0 Å². The van der Waals surface area contributed by atoms with E-state index >= 15 is 0 Å². The zero-order valence-corrected chi connectivity index (χ0v) is 10.7. The monoisotopic (exact) mass is 270 g/mol. The van der Waals surface area contributed by atoms with E-state index in [4.69, 9.17) is 4.74 Å². The molecule has 0 aliphatic rings. The Labute approximate surface area is 108 Å². The van der Waals surface area contributed by atoms with Crippen molar-refractivity contribution >= 4 is 16.6 Å². The van der Waals surface area contributed by atoms with Crippen LogP contribution in [0.5, 0.6) is 5.75 Å². The lowest BCUT2D eigenvalue weighted by molar-refractivity contribution is -0.141. The molecule has 0 unspecified atom stereocenters. The average Bonchev–Trinajstić information content (AvgIpc) is 2.35. The molecular formula is C13H13F3N2O. The number of ether oxygens (including phenoxy) is 1. The Morgan fingerprint density at radius 1 is 1.26 bits per heavy atom. The van der Waals surface area contributed by atoms with Crippen LogP contribution in [0, 0.1) is 6.92 Å². The summed E-state index contributed by atoms with van der Waals surface area (Å²) in [5, 5.41) is 3.41. The third kappa shape index (κ3) is 2.18. The van der Waals surface area contributed by atoms with E-state index in [0.717, 1.165) is 0 Å². The minimum Gasteiger partial charge on any atom is -0.494 e. The molecule has 2 aromatic rings. The number of nitrogens with zero attached hydrogens (tertiary/aromatic N) is 1. The van der Waals surface area contributed by atoms with Gasteiger partial charge in [-0.3, -0.25) is 0 Å². The third-order valence-electron chi connectivity index (χ3n) is 2.96. The van der Waals surface area contributed by atoms with Gasteiger partial charge in [0.05, 0.1) is 7.11 Å². The summed E-state index contributed by atoms with van der Waals surface area (Å²) >= 11 is 0. The number of fused-ring (bicyclic) bond motifs is 1. The molecule has 0 fully saturated rings. The Bertz CT molecular complexity index is 623. The number of hydrogen-bond acceptors (Lipinski definition) is 3. The first-order valence-corrected chi connectivity index (χ1v) is 5.62. The summed E-state index contributed by atoms with van der Waals surface area (Å²) in [4.78, 5) is 3.74. The van der Waals surface area contributed by atoms with Gasteiger partial charge in [0, 0.05) is 23.7 Å². The highest BCUT2D eigenvalue weighted by Gasteiger charge is 2.36. The van der Waals surface area contributed by atoms with Crippen molar-refractivity contribution in [2.45, 2.75) is 13.1 Å². The lowest BCUT2D eigenvalue weighted by Crippen LogP contribution is -2.13. The zero-order valence-electron chi connectivity index (χ0n) is 10.7. The van der Waals surface area contributed by atoms with Crippen molar-refractivity contribution in [3.8, 4) is 5.75 Å². The van der Waals surface area contributed by atoms with Crippen molar-refractivity contribution in [2.24, 2.45) is 0 Å². The maximum absolute atomic E-state index is 13.0. The first-order chi connectivity index (χ1) is 8.90. The number of halogens is 3. The number of hydrogen-bond donors (Lipinski definition) is 1. The fourth-order valence-electron chi connectivity index (χ4n) is 2.12. The Kier molecular flexibility index (Phi) is 3.26. The van der Waals surface area contributed by atoms with Gasteiger partial charge in [-0.2, -0.15) is 13.2 Å². The molecule has 1 N–H and O–H groups in total. The fraction of sp³-hybridized carbons (Fsp3) is 0.308. The second-order valence-corrected chi connectivity index (χ2v) is 4.06. The van der Waals surface area contributed by atoms with Gasteiger partial charge in [0.15, 0.2) is 0 Å². The molecule has 0 saturated carbocycles. The Morgan fingerprint density at radius 3 is 2.47 bits per heavy atom. The smallest absolute Gasteiger partial charge is 0.433 e. The molecule has 1 aromatic heterocycles. The minimum absolute atomic E-state index is 0.0794. The molecule has 0 atom stereocenters. The van der Waals surface area contributed by atoms with Crippen LogP contribution >= 0.6 is 0 Å². The maximum Gasteiger partial charge on any atom is 0.433 e. The number of benzene rings is 1. The normalized spacial score (nSPS) is 11.7. The lowest BCUT2D eigenvalue weighted by atomic mass is 10.1. The molecule has 102 valence electrons. The van der Waals surface area contributed by atoms with Gasteiger partial charge in [-0.25, -0.2) is 4.98 Å². The summed E-state index contributed by atoms with van der Waals surface area (Å²) in [6, 6.07) is 5.02. The molecule has 19 heavy (non-hydrogen) atoms. The summed E-state index contributed by atoms with van der Waals surface area (Å²) in [5.41, 5.74) is -0.201. The molecule has 0 aliphatic heterocycles. The largest absolute Gasteiger partial charge is 0.494 e. The molecule has 0 amide bonds. The molecule has 0 aliphatic carbocycles. The van der Waals surface area contributed by atoms with Gasteiger partial charge in [-0.15, -0.1) is 0 Å². The number of rotatable bonds is 2. The van der Waals surface area contributed by atoms with Crippen LogP contribution in [0.15, 0.2) is 18.2 Å². The molecular weight excluding hydrogens is 257 g/mol. The van der Waals surface area contributed by atoms with Gasteiger partial charge in [-0.05, 0) is 13.0 Å². The molecule has 3 nitrogen and oxygen atoms in total. The number of anilines is 1. The van der Waals surface area contributed by atoms with E-state index in [2.05, 4.69) is 10.3 Å². The Hall–Kier alpha value is -1.98. The molecule has 1 heterocycles. The van der Waals surface area contributed by atoms with Crippen molar-refractivity contribution in [1.82, 2.24) is 4.98 Å². The van der Waals surface area contributed by atoms with E-state index in [1.54, 1.807) is 25.2 Å². The van der Waals surface area contributed by atoms with Gasteiger partial charge in [-0.1, -0.05) is 12.1 Å². The van der Waals surface area contributed by atoms with Crippen LogP contribution in [0.1, 0.15) is 11.3 Å². The van der Waals surface area contributed by atoms with Gasteiger partial charge in [0.2, 0.25) is 0 Å². The third-order valence-corrected chi connectivity index (χ3v) is 2.96. The van der Waals surface area contributed by atoms with Gasteiger partial charge < -0.3 is 10.1 Å². The summed E-state index contributed by atoms with van der Waals surface area (Å²) in [7, 11) is 2.99. The van der Waals surface area contributed by atoms with Crippen molar-refractivity contribution in [2.75, 3.05) is 19.5 Å². The van der Waals surface area contributed by atoms with Crippen LogP contribution in [0.3, 0.4) is 0 Å². The standard InChI is InChI=1S/C13H13F3N2O/c1-7-10(17-2)8-5-4-6-9(19-3)11(8)18-12(7)13(14,15)16/h4-6H,1-3H3,(H,17,18). The van der Waals surface area contributed by atoms with Crippen LogP contribution < -0.4 is 10.1 Å². The van der Waals surface area contributed by atoms with Gasteiger partial charge >= 0.3 is 6.18 Å². The van der Waals surface area contributed by atoms with E-state index in [0.29, 0.717) is 16.8 Å². The number of alkyl halides is 3. The van der Waals surface area contributed by atoms with E-state index < -0.39 is 11.9 Å². The Morgan fingerprint density at radius 2 is 1.95 bits per heavy atom. The van der Waals surface area contributed by atoms with Gasteiger partial charge in [0.1, 0.15) is 17.0 Å². The Balaban J connectivity index is 2.91. The zero-order chi connectivity index (χ0) is 14.2. The van der Waals surface area contributed by atoms with Crippen molar-refractivity contribution in [3.05, 3.63) is 29.5 Å². The van der Waals surface area contributed by atoms with Crippen molar-refractivity contribution < 1.29 is 17.9 Å². The molecule has 0 spiro atoms. The quantitative estimate of drug-likeness (QED) is 0.905. The average molecular weight is 270 g/mol. The van der Waals surface area contributed by atoms with Crippen LogP contribution in [0.25, 0.3) is 10.9 Å². The van der Waals surface area contributed by atoms with Crippen LogP contribution in [0.2, 0.25) is 0 Å². The number of nitrogens with one attached hydrogen (secondary N) is 1. The second-order valence-electron chi connectivity index (χ2n) is 4.06. The highest BCUT2D eigenvalue weighted by molar-refractivity contribution is 5.96. The predicted octanol–water partition coefficient (Wildman–Crippen LogP) is 3.61. The van der Waals surface area contributed by atoms with Crippen molar-refractivity contribution in [3.63, 3.8) is 0 Å². The minimum atomic E-state index is -4.50. The van der Waals surface area contributed by atoms with E-state index in [-0.39, 0.29) is 11.1 Å². The second kappa shape index (κ2) is 4.60. The number of pyridine rings is 1. The topological polar surface area (TPSA) is 34.2 Å². The first kappa shape index (κ1) is 13.5. The lowest BCUT2D eigenvalue weighted by Gasteiger charge is -2.17. The summed E-state index contributed by atoms with van der Waals surface area (Å²) in [5.74, 6) is 0.319.